The van der Waals surface area contributed by atoms with Gasteiger partial charge < -0.3 is 9.47 Å². The summed E-state index contributed by atoms with van der Waals surface area (Å²) < 4.78 is 5.01. The van der Waals surface area contributed by atoms with Crippen molar-refractivity contribution in [3.05, 3.63) is 254 Å². The molecule has 0 bridgehead atoms. The molecule has 11 aromatic carbocycles. The molecule has 0 aliphatic heterocycles. The lowest BCUT2D eigenvalue weighted by Gasteiger charge is -2.26. The van der Waals surface area contributed by atoms with E-state index in [2.05, 4.69) is 263 Å². The SMILES string of the molecule is C(#CN(c1ccccc1)c1cccc(-c2ncc3ccc4ccccc4c3n2)c1)c1cc(N(c2ccccc2)c2ccccc2)ccc1-n1c2ccccc2c2c3c(ccc4sc5ccccc5c43)ccc21. The summed E-state index contributed by atoms with van der Waals surface area (Å²) in [4.78, 5) is 14.5. The van der Waals surface area contributed by atoms with Crippen LogP contribution in [0.3, 0.4) is 0 Å². The van der Waals surface area contributed by atoms with E-state index in [0.29, 0.717) is 5.82 Å². The van der Waals surface area contributed by atoms with Crippen molar-refractivity contribution < 1.29 is 0 Å². The maximum Gasteiger partial charge on any atom is 0.159 e. The first-order chi connectivity index (χ1) is 35.7. The van der Waals surface area contributed by atoms with E-state index in [9.17, 15) is 0 Å². The number of fused-ring (bicyclic) bond motifs is 12. The fourth-order valence-electron chi connectivity index (χ4n) is 10.6. The molecule has 0 fully saturated rings. The first-order valence-corrected chi connectivity index (χ1v) is 25.0. The Labute approximate surface area is 419 Å². The maximum atomic E-state index is 5.18. The van der Waals surface area contributed by atoms with Crippen LogP contribution in [0.25, 0.3) is 91.5 Å². The molecule has 0 atom stereocenters. The zero-order valence-electron chi connectivity index (χ0n) is 38.8. The van der Waals surface area contributed by atoms with E-state index >= 15 is 0 Å². The minimum atomic E-state index is 0.658. The molecule has 3 heterocycles. The molecule has 0 radical (unpaired) electrons. The van der Waals surface area contributed by atoms with E-state index in [1.807, 2.05) is 23.6 Å². The van der Waals surface area contributed by atoms with Gasteiger partial charge in [-0.25, -0.2) is 9.97 Å². The highest BCUT2D eigenvalue weighted by atomic mass is 32.1. The zero-order valence-corrected chi connectivity index (χ0v) is 39.6. The number of benzene rings is 11. The van der Waals surface area contributed by atoms with E-state index < -0.39 is 0 Å². The maximum absolute atomic E-state index is 5.18. The summed E-state index contributed by atoms with van der Waals surface area (Å²) in [6, 6.07) is 89.8. The number of hydrogen-bond donors (Lipinski definition) is 0. The fraction of sp³-hybridized carbons (Fsp3) is 0. The van der Waals surface area contributed by atoms with Crippen molar-refractivity contribution in [2.75, 3.05) is 9.80 Å². The van der Waals surface area contributed by atoms with Gasteiger partial charge in [-0.15, -0.1) is 11.3 Å². The van der Waals surface area contributed by atoms with Crippen LogP contribution in [0.5, 0.6) is 0 Å². The number of rotatable bonds is 7. The smallest absolute Gasteiger partial charge is 0.159 e. The second-order valence-electron chi connectivity index (χ2n) is 18.0. The molecule has 336 valence electrons. The summed E-state index contributed by atoms with van der Waals surface area (Å²) in [5, 5.41) is 10.8. The minimum absolute atomic E-state index is 0.658. The Bertz CT molecular complexity index is 4430. The van der Waals surface area contributed by atoms with Gasteiger partial charge in [0.2, 0.25) is 0 Å². The molecule has 0 saturated carbocycles. The monoisotopic (exact) mass is 935 g/mol. The predicted octanol–water partition coefficient (Wildman–Crippen LogP) is 17.7. The van der Waals surface area contributed by atoms with Gasteiger partial charge >= 0.3 is 0 Å². The van der Waals surface area contributed by atoms with Crippen LogP contribution in [0, 0.1) is 12.0 Å². The number of anilines is 5. The molecule has 14 rings (SSSR count). The van der Waals surface area contributed by atoms with E-state index in [1.54, 1.807) is 0 Å². The van der Waals surface area contributed by atoms with Crippen molar-refractivity contribution in [3.8, 4) is 29.0 Å². The van der Waals surface area contributed by atoms with Gasteiger partial charge in [0.1, 0.15) is 0 Å². The molecule has 0 N–H and O–H groups in total. The minimum Gasteiger partial charge on any atom is -0.310 e. The summed E-state index contributed by atoms with van der Waals surface area (Å²) >= 11 is 1.86. The van der Waals surface area contributed by atoms with Crippen LogP contribution in [0.2, 0.25) is 0 Å². The van der Waals surface area contributed by atoms with Crippen LogP contribution in [-0.4, -0.2) is 14.5 Å². The van der Waals surface area contributed by atoms with Crippen molar-refractivity contribution in [1.82, 2.24) is 14.5 Å². The second-order valence-corrected chi connectivity index (χ2v) is 19.1. The Morgan fingerprint density at radius 1 is 0.417 bits per heavy atom. The van der Waals surface area contributed by atoms with E-state index in [-0.39, 0.29) is 0 Å². The molecular weight excluding hydrogens is 895 g/mol. The van der Waals surface area contributed by atoms with Gasteiger partial charge in [-0.05, 0) is 108 Å². The molecular formula is C66H41N5S. The Morgan fingerprint density at radius 3 is 1.88 bits per heavy atom. The lowest BCUT2D eigenvalue weighted by atomic mass is 9.99. The zero-order chi connectivity index (χ0) is 47.5. The average Bonchev–Trinajstić information content (AvgIpc) is 4.00. The number of thiophene rings is 1. The highest BCUT2D eigenvalue weighted by Crippen LogP contribution is 2.45. The molecule has 6 heteroatoms. The molecule has 0 spiro atoms. The molecule has 0 aliphatic carbocycles. The third kappa shape index (κ3) is 6.94. The van der Waals surface area contributed by atoms with Gasteiger partial charge in [0.05, 0.1) is 39.2 Å². The van der Waals surface area contributed by atoms with Crippen molar-refractivity contribution in [1.29, 1.82) is 0 Å². The number of para-hydroxylation sites is 4. The van der Waals surface area contributed by atoms with Gasteiger partial charge in [-0.1, -0.05) is 152 Å². The standard InChI is InChI=1S/C66H41N5S/c1-4-19-49(20-5-1)69(52-25-16-18-47(42-52)66-67-43-48-32-31-44-17-10-11-26-54(44)65(48)68-66)40-39-46-41-53(70(50-21-6-2-7-22-50)51-23-8-3-9-24-51)35-37-57(46)71-58-29-14-12-27-55(58)63-59(71)36-33-45-34-38-61-64(62(45)63)56-28-13-15-30-60(56)72-61/h1-38,41-43H. The van der Waals surface area contributed by atoms with Gasteiger partial charge in [0.25, 0.3) is 0 Å². The summed E-state index contributed by atoms with van der Waals surface area (Å²) in [5.41, 5.74) is 10.9. The molecule has 0 aliphatic rings. The van der Waals surface area contributed by atoms with Crippen LogP contribution in [-0.2, 0) is 0 Å². The van der Waals surface area contributed by atoms with Crippen LogP contribution in [0.1, 0.15) is 5.56 Å². The summed E-state index contributed by atoms with van der Waals surface area (Å²) in [6.45, 7) is 0. The van der Waals surface area contributed by atoms with Gasteiger partial charge in [-0.3, -0.25) is 4.90 Å². The van der Waals surface area contributed by atoms with Crippen molar-refractivity contribution in [3.63, 3.8) is 0 Å². The summed E-state index contributed by atoms with van der Waals surface area (Å²) in [6.07, 6.45) is 1.93. The molecule has 5 nitrogen and oxygen atoms in total. The van der Waals surface area contributed by atoms with Gasteiger partial charge in [0, 0.05) is 82.0 Å². The molecule has 72 heavy (non-hydrogen) atoms. The third-order valence-electron chi connectivity index (χ3n) is 13.8. The molecule has 3 aromatic heterocycles. The summed E-state index contributed by atoms with van der Waals surface area (Å²) in [7, 11) is 0. The molecule has 0 unspecified atom stereocenters. The number of aromatic nitrogens is 3. The highest BCUT2D eigenvalue weighted by Gasteiger charge is 2.22. The Hall–Kier alpha value is -9.54. The van der Waals surface area contributed by atoms with Crippen molar-refractivity contribution >= 4 is 114 Å². The third-order valence-corrected chi connectivity index (χ3v) is 15.0. The molecule has 14 aromatic rings. The van der Waals surface area contributed by atoms with Crippen molar-refractivity contribution in [2.45, 2.75) is 0 Å². The number of nitrogens with zero attached hydrogens (tertiary/aromatic N) is 5. The van der Waals surface area contributed by atoms with Gasteiger partial charge in [0.15, 0.2) is 5.82 Å². The lowest BCUT2D eigenvalue weighted by molar-refractivity contribution is 1.16. The second kappa shape index (κ2) is 17.1. The van der Waals surface area contributed by atoms with Crippen LogP contribution in [0.15, 0.2) is 249 Å². The van der Waals surface area contributed by atoms with Crippen LogP contribution in [0.4, 0.5) is 28.4 Å². The average molecular weight is 936 g/mol. The van der Waals surface area contributed by atoms with Gasteiger partial charge in [-0.2, -0.15) is 0 Å². The van der Waals surface area contributed by atoms with E-state index in [4.69, 9.17) is 9.97 Å². The largest absolute Gasteiger partial charge is 0.310 e. The summed E-state index contributed by atoms with van der Waals surface area (Å²) in [5.74, 6) is 4.47. The van der Waals surface area contributed by atoms with Crippen LogP contribution < -0.4 is 9.80 Å². The number of hydrogen-bond acceptors (Lipinski definition) is 5. The van der Waals surface area contributed by atoms with Crippen LogP contribution >= 0.6 is 11.3 Å². The normalized spacial score (nSPS) is 11.5. The molecule has 0 saturated heterocycles. The fourth-order valence-corrected chi connectivity index (χ4v) is 11.7. The Morgan fingerprint density at radius 2 is 1.07 bits per heavy atom. The Kier molecular flexibility index (Phi) is 9.87. The van der Waals surface area contributed by atoms with Crippen molar-refractivity contribution in [2.24, 2.45) is 0 Å². The predicted molar refractivity (Wildman–Crippen MR) is 304 cm³/mol. The van der Waals surface area contributed by atoms with E-state index in [1.165, 1.54) is 41.7 Å². The molecule has 0 amide bonds. The quantitative estimate of drug-likeness (QED) is 0.0906. The van der Waals surface area contributed by atoms with E-state index in [0.717, 1.165) is 78.0 Å². The first kappa shape index (κ1) is 41.4. The topological polar surface area (TPSA) is 37.2 Å². The lowest BCUT2D eigenvalue weighted by Crippen LogP contribution is -2.11. The first-order valence-electron chi connectivity index (χ1n) is 24.1. The highest BCUT2D eigenvalue weighted by molar-refractivity contribution is 7.26. The Balaban J connectivity index is 1.00.